The fourth-order valence-corrected chi connectivity index (χ4v) is 2.62. The molecule has 1 atom stereocenters. The lowest BCUT2D eigenvalue weighted by molar-refractivity contribution is -0.153. The monoisotopic (exact) mass is 301 g/mol. The van der Waals surface area contributed by atoms with Gasteiger partial charge in [0.2, 0.25) is 0 Å². The molecular weight excluding hydrogens is 286 g/mol. The molecular formula is C12H16BrNO3. The molecule has 1 aliphatic rings. The van der Waals surface area contributed by atoms with Gasteiger partial charge in [-0.25, -0.2) is 4.79 Å². The molecule has 1 unspecified atom stereocenters. The number of furan rings is 1. The third-order valence-corrected chi connectivity index (χ3v) is 3.88. The van der Waals surface area contributed by atoms with Crippen LogP contribution in [-0.4, -0.2) is 29.1 Å². The highest BCUT2D eigenvalue weighted by atomic mass is 79.9. The molecule has 1 N–H and O–H groups in total. The summed E-state index contributed by atoms with van der Waals surface area (Å²) < 4.78 is 6.02. The van der Waals surface area contributed by atoms with Gasteiger partial charge in [-0.2, -0.15) is 0 Å². The molecule has 0 radical (unpaired) electrons. The van der Waals surface area contributed by atoms with Crippen molar-refractivity contribution in [3.63, 3.8) is 0 Å². The topological polar surface area (TPSA) is 53.7 Å². The number of likely N-dealkylation sites (tertiary alicyclic amines) is 1. The Morgan fingerprint density at radius 2 is 2.06 bits per heavy atom. The first kappa shape index (κ1) is 12.6. The maximum absolute atomic E-state index is 11.6. The minimum absolute atomic E-state index is 0.485. The van der Waals surface area contributed by atoms with Gasteiger partial charge in [-0.1, -0.05) is 6.42 Å². The fourth-order valence-electron chi connectivity index (χ4n) is 2.31. The number of rotatable bonds is 3. The van der Waals surface area contributed by atoms with Crippen LogP contribution in [0.25, 0.3) is 0 Å². The highest BCUT2D eigenvalue weighted by molar-refractivity contribution is 9.10. The molecule has 1 fully saturated rings. The Balaban J connectivity index is 2.34. The molecule has 1 saturated heterocycles. The normalized spacial score (nSPS) is 21.1. The minimum atomic E-state index is -1.06. The number of halogens is 1. The van der Waals surface area contributed by atoms with Crippen molar-refractivity contribution < 1.29 is 14.3 Å². The lowest BCUT2D eigenvalue weighted by atomic mass is 9.93. The Kier molecular flexibility index (Phi) is 3.58. The second-order valence-corrected chi connectivity index (χ2v) is 5.31. The standard InChI is InChI=1S/C12H16BrNO3/c1-12(11(15)16,9-5-6-10(13)17-9)14-7-3-2-4-8-14/h5-6H,2-4,7-8H2,1H3,(H,15,16). The summed E-state index contributed by atoms with van der Waals surface area (Å²) in [6.45, 7) is 3.33. The number of hydrogen-bond donors (Lipinski definition) is 1. The molecule has 0 spiro atoms. The van der Waals surface area contributed by atoms with Crippen LogP contribution in [0.2, 0.25) is 0 Å². The predicted molar refractivity (Wildman–Crippen MR) is 66.8 cm³/mol. The molecule has 17 heavy (non-hydrogen) atoms. The zero-order chi connectivity index (χ0) is 12.5. The predicted octanol–water partition coefficient (Wildman–Crippen LogP) is 2.83. The van der Waals surface area contributed by atoms with Crippen LogP contribution in [0, 0.1) is 0 Å². The Morgan fingerprint density at radius 3 is 2.53 bits per heavy atom. The van der Waals surface area contributed by atoms with E-state index in [1.165, 1.54) is 6.42 Å². The molecule has 1 aromatic rings. The van der Waals surface area contributed by atoms with E-state index in [0.29, 0.717) is 10.4 Å². The lowest BCUT2D eigenvalue weighted by Gasteiger charge is -2.38. The molecule has 2 heterocycles. The van der Waals surface area contributed by atoms with Crippen LogP contribution in [0.3, 0.4) is 0 Å². The number of carboxylic acid groups (broad SMARTS) is 1. The van der Waals surface area contributed by atoms with Gasteiger partial charge in [0.15, 0.2) is 10.2 Å². The largest absolute Gasteiger partial charge is 0.480 e. The van der Waals surface area contributed by atoms with E-state index in [1.807, 2.05) is 4.90 Å². The van der Waals surface area contributed by atoms with Gasteiger partial charge in [0, 0.05) is 0 Å². The van der Waals surface area contributed by atoms with Gasteiger partial charge in [-0.05, 0) is 60.9 Å². The Hall–Kier alpha value is -0.810. The summed E-state index contributed by atoms with van der Waals surface area (Å²) >= 11 is 3.22. The molecule has 0 amide bonds. The first-order chi connectivity index (χ1) is 8.05. The van der Waals surface area contributed by atoms with Crippen molar-refractivity contribution in [2.75, 3.05) is 13.1 Å². The SMILES string of the molecule is CC(C(=O)O)(c1ccc(Br)o1)N1CCCCC1. The summed E-state index contributed by atoms with van der Waals surface area (Å²) in [6.07, 6.45) is 3.27. The third kappa shape index (κ3) is 2.26. The van der Waals surface area contributed by atoms with Gasteiger partial charge >= 0.3 is 5.97 Å². The Labute approximate surface area is 109 Å². The van der Waals surface area contributed by atoms with Gasteiger partial charge in [-0.15, -0.1) is 0 Å². The highest BCUT2D eigenvalue weighted by Crippen LogP contribution is 2.33. The van der Waals surface area contributed by atoms with E-state index in [0.717, 1.165) is 25.9 Å². The van der Waals surface area contributed by atoms with E-state index in [1.54, 1.807) is 19.1 Å². The first-order valence-electron chi connectivity index (χ1n) is 5.79. The Morgan fingerprint density at radius 1 is 1.41 bits per heavy atom. The average Bonchev–Trinajstić information content (AvgIpc) is 2.76. The van der Waals surface area contributed by atoms with Gasteiger partial charge in [0.25, 0.3) is 0 Å². The van der Waals surface area contributed by atoms with E-state index >= 15 is 0 Å². The van der Waals surface area contributed by atoms with Gasteiger partial charge in [-0.3, -0.25) is 4.90 Å². The minimum Gasteiger partial charge on any atom is -0.480 e. The van der Waals surface area contributed by atoms with E-state index in [-0.39, 0.29) is 0 Å². The van der Waals surface area contributed by atoms with Gasteiger partial charge in [0.05, 0.1) is 0 Å². The van der Waals surface area contributed by atoms with Crippen LogP contribution in [0.4, 0.5) is 0 Å². The van der Waals surface area contributed by atoms with Crippen LogP contribution < -0.4 is 0 Å². The van der Waals surface area contributed by atoms with E-state index in [9.17, 15) is 9.90 Å². The van der Waals surface area contributed by atoms with Crippen molar-refractivity contribution in [2.24, 2.45) is 0 Å². The molecule has 1 aliphatic heterocycles. The number of aliphatic carboxylic acids is 1. The number of nitrogens with zero attached hydrogens (tertiary/aromatic N) is 1. The molecule has 0 bridgehead atoms. The molecule has 94 valence electrons. The Bertz CT molecular complexity index is 412. The van der Waals surface area contributed by atoms with Gasteiger partial charge in [0.1, 0.15) is 5.76 Å². The van der Waals surface area contributed by atoms with Crippen molar-refractivity contribution in [1.82, 2.24) is 4.90 Å². The van der Waals surface area contributed by atoms with Crippen molar-refractivity contribution in [1.29, 1.82) is 0 Å². The summed E-state index contributed by atoms with van der Waals surface area (Å²) in [5.41, 5.74) is -1.06. The maximum atomic E-state index is 11.6. The van der Waals surface area contributed by atoms with Crippen LogP contribution in [0.1, 0.15) is 31.9 Å². The molecule has 0 saturated carbocycles. The quantitative estimate of drug-likeness (QED) is 0.933. The zero-order valence-electron chi connectivity index (χ0n) is 9.78. The number of carboxylic acids is 1. The molecule has 0 aliphatic carbocycles. The number of carbonyl (C=O) groups is 1. The van der Waals surface area contributed by atoms with Crippen LogP contribution >= 0.6 is 15.9 Å². The van der Waals surface area contributed by atoms with E-state index < -0.39 is 11.5 Å². The van der Waals surface area contributed by atoms with Crippen molar-refractivity contribution in [2.45, 2.75) is 31.7 Å². The zero-order valence-corrected chi connectivity index (χ0v) is 11.4. The van der Waals surface area contributed by atoms with Crippen LogP contribution in [0.5, 0.6) is 0 Å². The summed E-state index contributed by atoms with van der Waals surface area (Å²) in [6, 6.07) is 3.47. The second-order valence-electron chi connectivity index (χ2n) is 4.53. The van der Waals surface area contributed by atoms with Crippen molar-refractivity contribution in [3.8, 4) is 0 Å². The summed E-state index contributed by atoms with van der Waals surface area (Å²) in [4.78, 5) is 13.6. The number of hydrogen-bond acceptors (Lipinski definition) is 3. The van der Waals surface area contributed by atoms with Crippen molar-refractivity contribution >= 4 is 21.9 Å². The number of piperidine rings is 1. The molecule has 4 nitrogen and oxygen atoms in total. The third-order valence-electron chi connectivity index (χ3n) is 3.46. The van der Waals surface area contributed by atoms with Crippen LogP contribution in [0.15, 0.2) is 21.2 Å². The van der Waals surface area contributed by atoms with Gasteiger partial charge < -0.3 is 9.52 Å². The summed E-state index contributed by atoms with van der Waals surface area (Å²) in [7, 11) is 0. The highest BCUT2D eigenvalue weighted by Gasteiger charge is 2.44. The molecule has 1 aromatic heterocycles. The fraction of sp³-hybridized carbons (Fsp3) is 0.583. The smallest absolute Gasteiger partial charge is 0.331 e. The lowest BCUT2D eigenvalue weighted by Crippen LogP contribution is -2.51. The molecule has 0 aromatic carbocycles. The summed E-state index contributed by atoms with van der Waals surface area (Å²) in [5.74, 6) is -0.375. The molecule has 5 heteroatoms. The van der Waals surface area contributed by atoms with Crippen LogP contribution in [-0.2, 0) is 10.3 Å². The summed E-state index contributed by atoms with van der Waals surface area (Å²) in [5, 5.41) is 9.53. The maximum Gasteiger partial charge on any atom is 0.331 e. The second kappa shape index (κ2) is 4.82. The average molecular weight is 302 g/mol. The van der Waals surface area contributed by atoms with Crippen molar-refractivity contribution in [3.05, 3.63) is 22.6 Å². The van der Waals surface area contributed by atoms with E-state index in [4.69, 9.17) is 4.42 Å². The molecule has 2 rings (SSSR count). The first-order valence-corrected chi connectivity index (χ1v) is 6.58. The van der Waals surface area contributed by atoms with E-state index in [2.05, 4.69) is 15.9 Å².